The molecule has 0 amide bonds. The van der Waals surface area contributed by atoms with Crippen LogP contribution >= 0.6 is 15.6 Å². The van der Waals surface area contributed by atoms with Crippen LogP contribution in [0, 0.1) is 11.8 Å². The number of rotatable bonds is 80. The maximum Gasteiger partial charge on any atom is 0.472 e. The van der Waals surface area contributed by atoms with E-state index >= 15 is 0 Å². The highest BCUT2D eigenvalue weighted by Gasteiger charge is 2.30. The molecule has 19 heteroatoms. The molecule has 594 valence electrons. The van der Waals surface area contributed by atoms with Gasteiger partial charge in [0.1, 0.15) is 19.3 Å². The van der Waals surface area contributed by atoms with Crippen LogP contribution in [0.5, 0.6) is 0 Å². The van der Waals surface area contributed by atoms with Gasteiger partial charge in [-0.1, -0.05) is 375 Å². The Bertz CT molecular complexity index is 1920. The number of hydrogen-bond acceptors (Lipinski definition) is 15. The van der Waals surface area contributed by atoms with E-state index in [0.717, 1.165) is 102 Å². The minimum Gasteiger partial charge on any atom is -0.462 e. The summed E-state index contributed by atoms with van der Waals surface area (Å²) in [5.41, 5.74) is 0. The summed E-state index contributed by atoms with van der Waals surface area (Å²) in [6.07, 6.45) is 62.6. The van der Waals surface area contributed by atoms with Crippen LogP contribution in [0.1, 0.15) is 427 Å². The van der Waals surface area contributed by atoms with Crippen molar-refractivity contribution in [1.29, 1.82) is 0 Å². The molecule has 0 spiro atoms. The van der Waals surface area contributed by atoms with Gasteiger partial charge in [0, 0.05) is 25.7 Å². The Morgan fingerprint density at radius 1 is 0.270 bits per heavy atom. The van der Waals surface area contributed by atoms with Gasteiger partial charge in [-0.3, -0.25) is 37.3 Å². The number of hydrogen-bond donors (Lipinski definition) is 3. The average molecular weight is 1470 g/mol. The first-order valence-electron chi connectivity index (χ1n) is 42.0. The molecule has 0 heterocycles. The zero-order chi connectivity index (χ0) is 73.5. The van der Waals surface area contributed by atoms with Gasteiger partial charge in [-0.25, -0.2) is 9.13 Å². The van der Waals surface area contributed by atoms with Crippen LogP contribution in [0.15, 0.2) is 0 Å². The third-order valence-corrected chi connectivity index (χ3v) is 20.9. The van der Waals surface area contributed by atoms with Crippen LogP contribution in [-0.4, -0.2) is 96.7 Å². The molecule has 0 aromatic carbocycles. The van der Waals surface area contributed by atoms with Gasteiger partial charge >= 0.3 is 39.5 Å². The normalized spacial score (nSPS) is 13.9. The number of unbranched alkanes of at least 4 members (excludes halogenated alkanes) is 50. The number of phosphoric acid groups is 2. The minimum absolute atomic E-state index is 0.106. The monoisotopic (exact) mass is 1470 g/mol. The zero-order valence-corrected chi connectivity index (χ0v) is 67.3. The maximum absolute atomic E-state index is 13.1. The summed E-state index contributed by atoms with van der Waals surface area (Å²) in [6.45, 7) is 9.61. The first kappa shape index (κ1) is 98.1. The van der Waals surface area contributed by atoms with Gasteiger partial charge in [-0.2, -0.15) is 0 Å². The van der Waals surface area contributed by atoms with Crippen molar-refractivity contribution >= 4 is 39.5 Å². The number of phosphoric ester groups is 2. The van der Waals surface area contributed by atoms with Gasteiger partial charge < -0.3 is 33.8 Å². The molecule has 0 saturated heterocycles. The number of carbonyl (C=O) groups is 4. The van der Waals surface area contributed by atoms with Gasteiger partial charge in [0.05, 0.1) is 26.4 Å². The summed E-state index contributed by atoms with van der Waals surface area (Å²) < 4.78 is 68.7. The van der Waals surface area contributed by atoms with E-state index in [1.54, 1.807) is 0 Å². The third kappa shape index (κ3) is 74.3. The van der Waals surface area contributed by atoms with E-state index in [9.17, 15) is 43.2 Å². The molecule has 5 atom stereocenters. The van der Waals surface area contributed by atoms with Gasteiger partial charge in [0.25, 0.3) is 0 Å². The Kier molecular flexibility index (Phi) is 71.2. The summed E-state index contributed by atoms with van der Waals surface area (Å²) in [5, 5.41) is 10.6. The molecule has 0 saturated carbocycles. The second-order valence-corrected chi connectivity index (χ2v) is 33.0. The predicted octanol–water partition coefficient (Wildman–Crippen LogP) is 24.3. The number of aliphatic hydroxyl groups excluding tert-OH is 1. The van der Waals surface area contributed by atoms with Gasteiger partial charge in [-0.15, -0.1) is 0 Å². The molecule has 0 aliphatic carbocycles. The number of carbonyl (C=O) groups excluding carboxylic acids is 4. The predicted molar refractivity (Wildman–Crippen MR) is 409 cm³/mol. The van der Waals surface area contributed by atoms with Gasteiger partial charge in [-0.05, 0) is 37.5 Å². The van der Waals surface area contributed by atoms with E-state index in [1.165, 1.54) is 244 Å². The zero-order valence-electron chi connectivity index (χ0n) is 65.5. The molecule has 17 nitrogen and oxygen atoms in total. The number of esters is 4. The van der Waals surface area contributed by atoms with E-state index in [-0.39, 0.29) is 25.7 Å². The SMILES string of the molecule is CCCCCCCCCCCCCCCCCCCCCCCCC(=O)O[C@H](COC(=O)CCCCCCCCCCCCCCCC(C)C)COP(=O)(O)OC[C@@H](O)COP(=O)(O)OC[C@@H](COC(=O)CCCCCCCCCCCC)OC(=O)CCCCCCCCCCCC(C)C. The molecule has 0 aromatic rings. The highest BCUT2D eigenvalue weighted by Crippen LogP contribution is 2.45. The highest BCUT2D eigenvalue weighted by atomic mass is 31.2. The lowest BCUT2D eigenvalue weighted by atomic mass is 10.0. The largest absolute Gasteiger partial charge is 0.472 e. The quantitative estimate of drug-likeness (QED) is 0.0222. The van der Waals surface area contributed by atoms with E-state index < -0.39 is 97.5 Å². The Morgan fingerprint density at radius 2 is 0.460 bits per heavy atom. The topological polar surface area (TPSA) is 237 Å². The van der Waals surface area contributed by atoms with Crippen molar-refractivity contribution in [1.82, 2.24) is 0 Å². The molecule has 0 bridgehead atoms. The van der Waals surface area contributed by atoms with Crippen LogP contribution in [-0.2, 0) is 65.4 Å². The Balaban J connectivity index is 5.20. The van der Waals surface area contributed by atoms with Crippen molar-refractivity contribution in [3.8, 4) is 0 Å². The Labute approximate surface area is 613 Å². The minimum atomic E-state index is -4.96. The van der Waals surface area contributed by atoms with Crippen LogP contribution in [0.2, 0.25) is 0 Å². The lowest BCUT2D eigenvalue weighted by Gasteiger charge is -2.21. The Hall–Kier alpha value is -1.94. The molecule has 0 aromatic heterocycles. The van der Waals surface area contributed by atoms with E-state index in [4.69, 9.17) is 37.0 Å². The van der Waals surface area contributed by atoms with Gasteiger partial charge in [0.2, 0.25) is 0 Å². The first-order chi connectivity index (χ1) is 48.4. The molecule has 3 N–H and O–H groups in total. The fourth-order valence-corrected chi connectivity index (χ4v) is 14.1. The Morgan fingerprint density at radius 3 is 0.680 bits per heavy atom. The lowest BCUT2D eigenvalue weighted by Crippen LogP contribution is -2.30. The fraction of sp³-hybridized carbons (Fsp3) is 0.951. The molecule has 0 aliphatic rings. The van der Waals surface area contributed by atoms with Gasteiger partial charge in [0.15, 0.2) is 12.2 Å². The number of aliphatic hydroxyl groups is 1. The second-order valence-electron chi connectivity index (χ2n) is 30.1. The standard InChI is InChI=1S/C81H158O17P2/c1-7-9-11-13-15-17-19-20-21-22-23-24-25-26-27-28-31-35-41-47-53-59-65-80(85)97-76(70-92-79(84)64-58-52-46-40-34-32-29-30-33-37-43-49-55-61-73(3)4)71-95-99(87,88)93-67-75(82)68-94-100(89,90)96-72-77(69-91-78(83)63-57-51-45-39-18-16-14-12-10-8-2)98-81(86)66-60-54-48-42-36-38-44-50-56-62-74(5)6/h73-77,82H,7-72H2,1-6H3,(H,87,88)(H,89,90)/t75-,76-,77-/m1/s1. The lowest BCUT2D eigenvalue weighted by molar-refractivity contribution is -0.161. The molecular formula is C81H158O17P2. The smallest absolute Gasteiger partial charge is 0.462 e. The first-order valence-corrected chi connectivity index (χ1v) is 45.0. The molecule has 0 radical (unpaired) electrons. The molecule has 0 fully saturated rings. The van der Waals surface area contributed by atoms with Crippen molar-refractivity contribution in [2.45, 2.75) is 445 Å². The maximum atomic E-state index is 13.1. The van der Waals surface area contributed by atoms with E-state index in [2.05, 4.69) is 41.5 Å². The van der Waals surface area contributed by atoms with Crippen LogP contribution < -0.4 is 0 Å². The van der Waals surface area contributed by atoms with E-state index in [0.29, 0.717) is 25.7 Å². The summed E-state index contributed by atoms with van der Waals surface area (Å²) >= 11 is 0. The van der Waals surface area contributed by atoms with Crippen molar-refractivity contribution in [3.63, 3.8) is 0 Å². The molecule has 0 aliphatic heterocycles. The van der Waals surface area contributed by atoms with Crippen molar-refractivity contribution in [2.24, 2.45) is 11.8 Å². The summed E-state index contributed by atoms with van der Waals surface area (Å²) in [5.74, 6) is -0.583. The van der Waals surface area contributed by atoms with E-state index in [1.807, 2.05) is 0 Å². The highest BCUT2D eigenvalue weighted by molar-refractivity contribution is 7.47. The van der Waals surface area contributed by atoms with Crippen molar-refractivity contribution < 1.29 is 80.2 Å². The van der Waals surface area contributed by atoms with Crippen molar-refractivity contribution in [3.05, 3.63) is 0 Å². The number of ether oxygens (including phenoxy) is 4. The summed E-state index contributed by atoms with van der Waals surface area (Å²) in [4.78, 5) is 73.0. The van der Waals surface area contributed by atoms with Crippen LogP contribution in [0.3, 0.4) is 0 Å². The average Bonchev–Trinajstić information content (AvgIpc) is 0.991. The summed E-state index contributed by atoms with van der Waals surface area (Å²) in [7, 11) is -9.92. The van der Waals surface area contributed by atoms with Crippen LogP contribution in [0.25, 0.3) is 0 Å². The molecule has 2 unspecified atom stereocenters. The van der Waals surface area contributed by atoms with Crippen molar-refractivity contribution in [2.75, 3.05) is 39.6 Å². The third-order valence-electron chi connectivity index (χ3n) is 19.0. The van der Waals surface area contributed by atoms with Crippen LogP contribution in [0.4, 0.5) is 0 Å². The molecule has 100 heavy (non-hydrogen) atoms. The fourth-order valence-electron chi connectivity index (χ4n) is 12.5. The summed E-state index contributed by atoms with van der Waals surface area (Å²) in [6, 6.07) is 0. The molecule has 0 rings (SSSR count). The second kappa shape index (κ2) is 72.6. The molecular weight excluding hydrogens is 1310 g/mol.